The van der Waals surface area contributed by atoms with Crippen molar-refractivity contribution in [3.8, 4) is 33.4 Å². The van der Waals surface area contributed by atoms with Crippen molar-refractivity contribution in [3.63, 3.8) is 0 Å². The number of benzene rings is 14. The molecule has 2 nitrogen and oxygen atoms in total. The minimum Gasteiger partial charge on any atom is -0.310 e. The van der Waals surface area contributed by atoms with Crippen LogP contribution in [0.3, 0.4) is 0 Å². The van der Waals surface area contributed by atoms with E-state index in [1.54, 1.807) is 0 Å². The van der Waals surface area contributed by atoms with E-state index in [1.807, 2.05) is 0 Å². The second-order valence-corrected chi connectivity index (χ2v) is 25.9. The summed E-state index contributed by atoms with van der Waals surface area (Å²) in [6.45, 7) is 4.78. The molecule has 0 aromatic heterocycles. The monoisotopic (exact) mass is 1210 g/mol. The Morgan fingerprint density at radius 2 is 0.411 bits per heavy atom. The Morgan fingerprint density at radius 3 is 0.674 bits per heavy atom. The molecule has 0 unspecified atom stereocenters. The Labute approximate surface area is 558 Å². The van der Waals surface area contributed by atoms with Crippen molar-refractivity contribution < 1.29 is 0 Å². The van der Waals surface area contributed by atoms with Gasteiger partial charge >= 0.3 is 0 Å². The summed E-state index contributed by atoms with van der Waals surface area (Å²) >= 11 is 0. The second-order valence-electron chi connectivity index (χ2n) is 25.9. The van der Waals surface area contributed by atoms with Gasteiger partial charge in [0, 0.05) is 39.5 Å². The highest BCUT2D eigenvalue weighted by molar-refractivity contribution is 5.94. The van der Waals surface area contributed by atoms with Crippen LogP contribution in [-0.4, -0.2) is 0 Å². The first-order chi connectivity index (χ1) is 46.8. The van der Waals surface area contributed by atoms with Crippen LogP contribution in [0.4, 0.5) is 34.1 Å². The van der Waals surface area contributed by atoms with Crippen molar-refractivity contribution in [1.82, 2.24) is 0 Å². The van der Waals surface area contributed by atoms with E-state index in [0.717, 1.165) is 45.3 Å². The predicted octanol–water partition coefficient (Wildman–Crippen LogP) is 24.0. The molecule has 0 heterocycles. The van der Waals surface area contributed by atoms with Gasteiger partial charge in [-0.05, 0) is 196 Å². The Balaban J connectivity index is 0.698. The molecule has 0 atom stereocenters. The van der Waals surface area contributed by atoms with Gasteiger partial charge in [0.25, 0.3) is 0 Å². The van der Waals surface area contributed by atoms with Crippen molar-refractivity contribution in [3.05, 3.63) is 430 Å². The zero-order valence-corrected chi connectivity index (χ0v) is 53.2. The number of anilines is 6. The first-order valence-electron chi connectivity index (χ1n) is 33.1. The quantitative estimate of drug-likeness (QED) is 0.100. The van der Waals surface area contributed by atoms with Crippen LogP contribution >= 0.6 is 0 Å². The molecule has 2 heteroatoms. The van der Waals surface area contributed by atoms with E-state index in [9.17, 15) is 0 Å². The standard InChI is InChI=1S/C93H68N2/c1-91(2)85-59-65(43-45-67-49-55-81-83-57-51-77(94(73-35-19-7-20-36-73)74-37-21-8-22-38-74)63-89(83)92(87(81)61-67,69-27-11-3-12-28-69)70-29-13-4-14-30-70)47-53-79(85)80-54-48-66(60-86(80)91)44-46-68-50-56-82-84-58-52-78(95(75-39-23-9-24-40-75)76-41-25-10-26-42-76)64-90(84)93(88(82)62-68,71-31-15-5-16-32-71)72-33-17-6-18-34-72/h3-64H,1-2H3/b45-43+,46-44+. The Morgan fingerprint density at radius 1 is 0.200 bits per heavy atom. The maximum absolute atomic E-state index is 2.45. The maximum atomic E-state index is 2.45. The van der Waals surface area contributed by atoms with E-state index in [-0.39, 0.29) is 5.41 Å². The van der Waals surface area contributed by atoms with Crippen molar-refractivity contribution in [2.24, 2.45) is 0 Å². The third-order valence-electron chi connectivity index (χ3n) is 20.4. The molecule has 0 saturated carbocycles. The summed E-state index contributed by atoms with van der Waals surface area (Å²) in [6, 6.07) is 130. The molecule has 0 saturated heterocycles. The Hall–Kier alpha value is -11.8. The third-order valence-corrected chi connectivity index (χ3v) is 20.4. The lowest BCUT2D eigenvalue weighted by molar-refractivity contribution is 0.660. The van der Waals surface area contributed by atoms with Gasteiger partial charge in [-0.25, -0.2) is 0 Å². The molecule has 14 aromatic rings. The van der Waals surface area contributed by atoms with Crippen molar-refractivity contribution in [2.45, 2.75) is 30.1 Å². The van der Waals surface area contributed by atoms with Crippen LogP contribution in [-0.2, 0) is 16.2 Å². The number of hydrogen-bond acceptors (Lipinski definition) is 2. The summed E-state index contributed by atoms with van der Waals surface area (Å²) < 4.78 is 0. The van der Waals surface area contributed by atoms with Crippen molar-refractivity contribution >= 4 is 58.4 Å². The number of rotatable bonds is 14. The van der Waals surface area contributed by atoms with E-state index in [1.165, 1.54) is 100 Å². The van der Waals surface area contributed by atoms with E-state index in [4.69, 9.17) is 0 Å². The van der Waals surface area contributed by atoms with E-state index in [0.29, 0.717) is 0 Å². The fourth-order valence-corrected chi connectivity index (χ4v) is 16.0. The SMILES string of the molecule is CC1(C)c2cc(/C=C/c3ccc4c(c3)C(c3ccccc3)(c3ccccc3)c3cc(N(c5ccccc5)c5ccccc5)ccc3-4)ccc2-c2ccc(/C=C/c3ccc4c(c3)C(c3ccccc3)(c3ccccc3)c3cc(N(c5ccccc5)c5ccccc5)ccc3-4)cc21. The Bertz CT molecular complexity index is 4740. The summed E-state index contributed by atoms with van der Waals surface area (Å²) in [5, 5.41) is 0. The largest absolute Gasteiger partial charge is 0.310 e. The summed E-state index contributed by atoms with van der Waals surface area (Å²) in [4.78, 5) is 4.76. The molecule has 0 spiro atoms. The Kier molecular flexibility index (Phi) is 14.0. The summed E-state index contributed by atoms with van der Waals surface area (Å²) in [5.74, 6) is 0. The molecule has 450 valence electrons. The molecular weight excluding hydrogens is 1150 g/mol. The van der Waals surface area contributed by atoms with Crippen LogP contribution in [0, 0.1) is 0 Å². The second kappa shape index (κ2) is 23.4. The minimum atomic E-state index is -0.589. The number of nitrogens with zero attached hydrogens (tertiary/aromatic N) is 2. The van der Waals surface area contributed by atoms with Gasteiger partial charge in [0.1, 0.15) is 0 Å². The van der Waals surface area contributed by atoms with Gasteiger partial charge in [-0.1, -0.05) is 305 Å². The molecule has 0 radical (unpaired) electrons. The van der Waals surface area contributed by atoms with E-state index >= 15 is 0 Å². The van der Waals surface area contributed by atoms with Gasteiger partial charge in [0.05, 0.1) is 10.8 Å². The minimum absolute atomic E-state index is 0.224. The molecule has 0 aliphatic heterocycles. The van der Waals surface area contributed by atoms with Crippen LogP contribution < -0.4 is 9.80 Å². The van der Waals surface area contributed by atoms with Crippen LogP contribution in [0.1, 0.15) is 91.7 Å². The molecule has 3 aliphatic rings. The zero-order valence-electron chi connectivity index (χ0n) is 53.2. The van der Waals surface area contributed by atoms with Gasteiger partial charge in [0.15, 0.2) is 0 Å². The lowest BCUT2D eigenvalue weighted by Gasteiger charge is -2.35. The molecule has 17 rings (SSSR count). The number of fused-ring (bicyclic) bond motifs is 9. The first kappa shape index (κ1) is 57.1. The van der Waals surface area contributed by atoms with Crippen LogP contribution in [0.15, 0.2) is 352 Å². The average Bonchev–Trinajstić information content (AvgIpc) is 1.56. The molecule has 95 heavy (non-hydrogen) atoms. The van der Waals surface area contributed by atoms with Crippen LogP contribution in [0.2, 0.25) is 0 Å². The summed E-state index contributed by atoms with van der Waals surface area (Å²) in [5.41, 5.74) is 30.3. The van der Waals surface area contributed by atoms with Crippen molar-refractivity contribution in [2.75, 3.05) is 9.80 Å². The highest BCUT2D eigenvalue weighted by Crippen LogP contribution is 2.60. The zero-order chi connectivity index (χ0) is 63.5. The predicted molar refractivity (Wildman–Crippen MR) is 399 cm³/mol. The van der Waals surface area contributed by atoms with Gasteiger partial charge in [-0.15, -0.1) is 0 Å². The van der Waals surface area contributed by atoms with Gasteiger partial charge in [-0.3, -0.25) is 0 Å². The van der Waals surface area contributed by atoms with Crippen LogP contribution in [0.5, 0.6) is 0 Å². The molecule has 3 aliphatic carbocycles. The normalized spacial score (nSPS) is 14.0. The molecule has 14 aromatic carbocycles. The van der Waals surface area contributed by atoms with E-state index < -0.39 is 10.8 Å². The number of hydrogen-bond donors (Lipinski definition) is 0. The van der Waals surface area contributed by atoms with Gasteiger partial charge < -0.3 is 9.80 Å². The molecular formula is C93H68N2. The average molecular weight is 1210 g/mol. The van der Waals surface area contributed by atoms with Crippen LogP contribution in [0.25, 0.3) is 57.7 Å². The topological polar surface area (TPSA) is 6.48 Å². The number of para-hydroxylation sites is 4. The molecule has 0 fully saturated rings. The smallest absolute Gasteiger partial charge is 0.0714 e. The first-order valence-corrected chi connectivity index (χ1v) is 33.1. The molecule has 0 bridgehead atoms. The van der Waals surface area contributed by atoms with E-state index in [2.05, 4.69) is 400 Å². The maximum Gasteiger partial charge on any atom is 0.0714 e. The highest BCUT2D eigenvalue weighted by Gasteiger charge is 2.48. The summed E-state index contributed by atoms with van der Waals surface area (Å²) in [7, 11) is 0. The molecule has 0 amide bonds. The highest BCUT2D eigenvalue weighted by atomic mass is 15.1. The third kappa shape index (κ3) is 9.47. The molecule has 0 N–H and O–H groups in total. The fraction of sp³-hybridized carbons (Fsp3) is 0.0538. The lowest BCUT2D eigenvalue weighted by Crippen LogP contribution is -2.28. The van der Waals surface area contributed by atoms with Gasteiger partial charge in [0.2, 0.25) is 0 Å². The summed E-state index contributed by atoms with van der Waals surface area (Å²) in [6.07, 6.45) is 9.24. The lowest BCUT2D eigenvalue weighted by atomic mass is 9.67. The van der Waals surface area contributed by atoms with Crippen molar-refractivity contribution in [1.29, 1.82) is 0 Å². The fourth-order valence-electron chi connectivity index (χ4n) is 16.0. The van der Waals surface area contributed by atoms with Gasteiger partial charge in [-0.2, -0.15) is 0 Å².